The highest BCUT2D eigenvalue weighted by atomic mass is 16.6. The molecule has 0 amide bonds. The number of benzene rings is 3. The fourth-order valence-electron chi connectivity index (χ4n) is 4.86. The number of aryl methyl sites for hydroxylation is 1. The van der Waals surface area contributed by atoms with Gasteiger partial charge in [0.1, 0.15) is 0 Å². The molecule has 35 heavy (non-hydrogen) atoms. The molecule has 2 atom stereocenters. The van der Waals surface area contributed by atoms with Gasteiger partial charge in [-0.2, -0.15) is 0 Å². The minimum atomic E-state index is -0.335. The average Bonchev–Trinajstić information content (AvgIpc) is 3.47. The Morgan fingerprint density at radius 3 is 1.86 bits per heavy atom. The highest BCUT2D eigenvalue weighted by Gasteiger charge is 2.23. The van der Waals surface area contributed by atoms with Gasteiger partial charge in [0.15, 0.2) is 11.5 Å². The molecule has 6 nitrogen and oxygen atoms in total. The number of carbonyl (C=O) groups is 2. The fourth-order valence-corrected chi connectivity index (χ4v) is 4.86. The van der Waals surface area contributed by atoms with E-state index in [1.807, 2.05) is 37.3 Å². The van der Waals surface area contributed by atoms with Crippen LogP contribution in [-0.4, -0.2) is 24.0 Å². The van der Waals surface area contributed by atoms with Crippen LogP contribution in [-0.2, 0) is 22.4 Å². The third-order valence-corrected chi connectivity index (χ3v) is 6.70. The van der Waals surface area contributed by atoms with Crippen molar-refractivity contribution in [2.24, 2.45) is 0 Å². The number of nitrogens with one attached hydrogen (secondary N) is 2. The number of fused-ring (bicyclic) bond motifs is 2. The second-order valence-corrected chi connectivity index (χ2v) is 9.33. The van der Waals surface area contributed by atoms with E-state index in [0.717, 1.165) is 29.8 Å². The summed E-state index contributed by atoms with van der Waals surface area (Å²) in [5.74, 6) is -0.0572. The summed E-state index contributed by atoms with van der Waals surface area (Å²) in [4.78, 5) is 25.2. The van der Waals surface area contributed by atoms with E-state index >= 15 is 0 Å². The van der Waals surface area contributed by atoms with E-state index in [2.05, 4.69) is 34.9 Å². The standard InChI is InChI=1S/C29H30N2O4/c1-19-7-6-12-26(34-27(32)15-13-22-17-20-8-2-4-10-24(20)30-22)29(19)35-28(33)16-14-23-18-21-9-3-5-11-25(21)31-23/h2-12,22-23,30-31H,13-18H2,1H3. The van der Waals surface area contributed by atoms with Crippen LogP contribution in [0.5, 0.6) is 11.5 Å². The lowest BCUT2D eigenvalue weighted by Gasteiger charge is -2.15. The minimum absolute atomic E-state index is 0.212. The minimum Gasteiger partial charge on any atom is -0.423 e. The zero-order valence-electron chi connectivity index (χ0n) is 19.9. The van der Waals surface area contributed by atoms with E-state index in [1.165, 1.54) is 11.1 Å². The van der Waals surface area contributed by atoms with Crippen molar-refractivity contribution in [1.29, 1.82) is 0 Å². The van der Waals surface area contributed by atoms with Crippen molar-refractivity contribution in [3.8, 4) is 11.5 Å². The molecule has 0 fully saturated rings. The zero-order chi connectivity index (χ0) is 24.2. The van der Waals surface area contributed by atoms with Gasteiger partial charge in [0, 0.05) is 36.3 Å². The van der Waals surface area contributed by atoms with Crippen molar-refractivity contribution in [1.82, 2.24) is 0 Å². The molecule has 2 aliphatic rings. The molecule has 3 aromatic rings. The van der Waals surface area contributed by atoms with E-state index < -0.39 is 0 Å². The Balaban J connectivity index is 1.12. The molecule has 2 unspecified atom stereocenters. The molecule has 0 saturated heterocycles. The first-order valence-electron chi connectivity index (χ1n) is 12.2. The molecule has 0 aliphatic carbocycles. The summed E-state index contributed by atoms with van der Waals surface area (Å²) >= 11 is 0. The van der Waals surface area contributed by atoms with Crippen LogP contribution in [0.4, 0.5) is 11.4 Å². The van der Waals surface area contributed by atoms with E-state index in [1.54, 1.807) is 12.1 Å². The maximum absolute atomic E-state index is 12.6. The number of anilines is 2. The lowest BCUT2D eigenvalue weighted by Crippen LogP contribution is -2.20. The number of ether oxygens (including phenoxy) is 2. The first-order valence-corrected chi connectivity index (χ1v) is 12.2. The molecule has 0 aromatic heterocycles. The van der Waals surface area contributed by atoms with Crippen LogP contribution < -0.4 is 20.1 Å². The predicted molar refractivity (Wildman–Crippen MR) is 136 cm³/mol. The number of hydrogen-bond acceptors (Lipinski definition) is 6. The average molecular weight is 471 g/mol. The number of para-hydroxylation sites is 3. The normalized spacial score (nSPS) is 17.6. The van der Waals surface area contributed by atoms with Crippen LogP contribution in [0.1, 0.15) is 42.4 Å². The Bertz CT molecular complexity index is 1190. The second kappa shape index (κ2) is 10.2. The first-order chi connectivity index (χ1) is 17.0. The predicted octanol–water partition coefficient (Wildman–Crippen LogP) is 5.44. The Hall–Kier alpha value is -3.80. The van der Waals surface area contributed by atoms with Gasteiger partial charge in [-0.1, -0.05) is 48.5 Å². The van der Waals surface area contributed by atoms with Gasteiger partial charge in [0.05, 0.1) is 0 Å². The smallest absolute Gasteiger partial charge is 0.311 e. The van der Waals surface area contributed by atoms with Gasteiger partial charge in [0.25, 0.3) is 0 Å². The van der Waals surface area contributed by atoms with Crippen LogP contribution in [0, 0.1) is 6.92 Å². The van der Waals surface area contributed by atoms with Crippen LogP contribution in [0.2, 0.25) is 0 Å². The lowest BCUT2D eigenvalue weighted by molar-refractivity contribution is -0.137. The van der Waals surface area contributed by atoms with Crippen molar-refractivity contribution < 1.29 is 19.1 Å². The van der Waals surface area contributed by atoms with Crippen LogP contribution in [0.15, 0.2) is 66.7 Å². The molecule has 5 rings (SSSR count). The molecule has 2 heterocycles. The molecule has 0 spiro atoms. The number of carbonyl (C=O) groups excluding carboxylic acids is 2. The van der Waals surface area contributed by atoms with Gasteiger partial charge in [-0.15, -0.1) is 0 Å². The van der Waals surface area contributed by atoms with Crippen molar-refractivity contribution in [3.05, 3.63) is 83.4 Å². The van der Waals surface area contributed by atoms with E-state index in [0.29, 0.717) is 18.6 Å². The molecule has 2 aliphatic heterocycles. The monoisotopic (exact) mass is 470 g/mol. The molecule has 6 heteroatoms. The van der Waals surface area contributed by atoms with Crippen LogP contribution >= 0.6 is 0 Å². The molecule has 0 bridgehead atoms. The van der Waals surface area contributed by atoms with Crippen LogP contribution in [0.3, 0.4) is 0 Å². The van der Waals surface area contributed by atoms with E-state index in [9.17, 15) is 9.59 Å². The summed E-state index contributed by atoms with van der Waals surface area (Å²) in [5, 5.41) is 6.92. The largest absolute Gasteiger partial charge is 0.423 e. The van der Waals surface area contributed by atoms with Gasteiger partial charge in [-0.25, -0.2) is 0 Å². The molecule has 0 saturated carbocycles. The van der Waals surface area contributed by atoms with Crippen LogP contribution in [0.25, 0.3) is 0 Å². The molecule has 0 radical (unpaired) electrons. The third-order valence-electron chi connectivity index (χ3n) is 6.70. The molecule has 3 aromatic carbocycles. The summed E-state index contributed by atoms with van der Waals surface area (Å²) < 4.78 is 11.3. The summed E-state index contributed by atoms with van der Waals surface area (Å²) in [6.07, 6.45) is 3.70. The van der Waals surface area contributed by atoms with Gasteiger partial charge >= 0.3 is 11.9 Å². The lowest BCUT2D eigenvalue weighted by atomic mass is 10.1. The van der Waals surface area contributed by atoms with Crippen molar-refractivity contribution in [3.63, 3.8) is 0 Å². The summed E-state index contributed by atoms with van der Waals surface area (Å²) in [7, 11) is 0. The van der Waals surface area contributed by atoms with Gasteiger partial charge in [-0.3, -0.25) is 9.59 Å². The van der Waals surface area contributed by atoms with Crippen molar-refractivity contribution >= 4 is 23.3 Å². The molecule has 180 valence electrons. The first kappa shape index (κ1) is 23.0. The highest BCUT2D eigenvalue weighted by molar-refractivity contribution is 5.77. The molecular weight excluding hydrogens is 440 g/mol. The quantitative estimate of drug-likeness (QED) is 0.337. The highest BCUT2D eigenvalue weighted by Crippen LogP contribution is 2.33. The summed E-state index contributed by atoms with van der Waals surface area (Å²) in [6.45, 7) is 1.84. The van der Waals surface area contributed by atoms with Gasteiger partial charge in [-0.05, 0) is 67.5 Å². The van der Waals surface area contributed by atoms with Gasteiger partial charge in [0.2, 0.25) is 0 Å². The fraction of sp³-hybridized carbons (Fsp3) is 0.310. The number of esters is 2. The maximum atomic E-state index is 12.6. The Kier molecular flexibility index (Phi) is 6.70. The van der Waals surface area contributed by atoms with E-state index in [4.69, 9.17) is 9.47 Å². The summed E-state index contributed by atoms with van der Waals surface area (Å²) in [5.41, 5.74) is 5.57. The third kappa shape index (κ3) is 5.48. The Morgan fingerprint density at radius 2 is 1.29 bits per heavy atom. The second-order valence-electron chi connectivity index (χ2n) is 9.33. The van der Waals surface area contributed by atoms with Gasteiger partial charge < -0.3 is 20.1 Å². The SMILES string of the molecule is Cc1cccc(OC(=O)CCC2Cc3ccccc3N2)c1OC(=O)CCC1Cc2ccccc2N1. The Morgan fingerprint density at radius 1 is 0.743 bits per heavy atom. The number of rotatable bonds is 8. The maximum Gasteiger partial charge on any atom is 0.311 e. The van der Waals surface area contributed by atoms with Crippen molar-refractivity contribution in [2.45, 2.75) is 57.5 Å². The Labute approximate surface area is 205 Å². The zero-order valence-corrected chi connectivity index (χ0v) is 19.9. The van der Waals surface area contributed by atoms with E-state index in [-0.39, 0.29) is 42.6 Å². The molecule has 2 N–H and O–H groups in total. The number of hydrogen-bond donors (Lipinski definition) is 2. The molecular formula is C29H30N2O4. The van der Waals surface area contributed by atoms with Crippen molar-refractivity contribution in [2.75, 3.05) is 10.6 Å². The topological polar surface area (TPSA) is 76.7 Å². The summed E-state index contributed by atoms with van der Waals surface area (Å²) in [6, 6.07) is 22.1.